The van der Waals surface area contributed by atoms with Crippen molar-refractivity contribution in [2.45, 2.75) is 13.3 Å². The number of imide groups is 2. The highest BCUT2D eigenvalue weighted by Gasteiger charge is 2.36. The van der Waals surface area contributed by atoms with Crippen LogP contribution in [-0.2, 0) is 16.0 Å². The molecule has 1 aliphatic heterocycles. The average molecular weight is 661 g/mol. The fourth-order valence-electron chi connectivity index (χ4n) is 3.79. The van der Waals surface area contributed by atoms with Gasteiger partial charge < -0.3 is 9.47 Å². The molecule has 0 aromatic heterocycles. The van der Waals surface area contributed by atoms with Gasteiger partial charge in [-0.05, 0) is 89.2 Å². The fraction of sp³-hybridized carbons (Fsp3) is 0.148. The van der Waals surface area contributed by atoms with Crippen molar-refractivity contribution in [3.63, 3.8) is 0 Å². The van der Waals surface area contributed by atoms with Crippen molar-refractivity contribution in [1.29, 1.82) is 0 Å². The molecule has 1 saturated heterocycles. The summed E-state index contributed by atoms with van der Waals surface area (Å²) < 4.78 is 13.0. The summed E-state index contributed by atoms with van der Waals surface area (Å²) in [5.41, 5.74) is 2.90. The predicted molar refractivity (Wildman–Crippen MR) is 149 cm³/mol. The predicted octanol–water partition coefficient (Wildman–Crippen LogP) is 5.72. The Hall–Kier alpha value is -3.18. The average Bonchev–Trinajstić information content (AvgIpc) is 2.85. The normalized spacial score (nSPS) is 14.7. The topological polar surface area (TPSA) is 84.9 Å². The summed E-state index contributed by atoms with van der Waals surface area (Å²) in [6, 6.07) is 17.3. The van der Waals surface area contributed by atoms with Gasteiger partial charge in [-0.15, -0.1) is 0 Å². The van der Waals surface area contributed by atoms with E-state index in [1.807, 2.05) is 37.3 Å². The molecule has 36 heavy (non-hydrogen) atoms. The van der Waals surface area contributed by atoms with Gasteiger partial charge in [-0.2, -0.15) is 0 Å². The summed E-state index contributed by atoms with van der Waals surface area (Å²) in [5, 5.41) is 2.25. The first kappa shape index (κ1) is 25.9. The third-order valence-corrected chi connectivity index (χ3v) is 7.28. The van der Waals surface area contributed by atoms with Gasteiger partial charge in [-0.3, -0.25) is 14.9 Å². The second kappa shape index (κ2) is 11.3. The van der Waals surface area contributed by atoms with Gasteiger partial charge in [0.1, 0.15) is 17.1 Å². The van der Waals surface area contributed by atoms with E-state index in [4.69, 9.17) is 9.47 Å². The first-order valence-electron chi connectivity index (χ1n) is 11.1. The summed E-state index contributed by atoms with van der Waals surface area (Å²) in [4.78, 5) is 39.3. The number of barbiturate groups is 1. The summed E-state index contributed by atoms with van der Waals surface area (Å²) in [7, 11) is 1.52. The maximum atomic E-state index is 13.3. The van der Waals surface area contributed by atoms with Crippen LogP contribution in [0.3, 0.4) is 0 Å². The largest absolute Gasteiger partial charge is 0.497 e. The van der Waals surface area contributed by atoms with Crippen LogP contribution < -0.4 is 19.7 Å². The molecule has 3 aromatic rings. The number of rotatable bonds is 7. The van der Waals surface area contributed by atoms with Crippen molar-refractivity contribution in [2.24, 2.45) is 0 Å². The van der Waals surface area contributed by atoms with Crippen molar-refractivity contribution >= 4 is 68.1 Å². The molecule has 0 atom stereocenters. The minimum atomic E-state index is -0.805. The molecule has 184 valence electrons. The maximum Gasteiger partial charge on any atom is 0.335 e. The Morgan fingerprint density at radius 3 is 2.44 bits per heavy atom. The quantitative estimate of drug-likeness (QED) is 0.199. The summed E-state index contributed by atoms with van der Waals surface area (Å²) in [6.07, 6.45) is 2.12. The first-order valence-corrected chi connectivity index (χ1v) is 12.9. The number of hydrogen-bond donors (Lipinski definition) is 1. The summed E-state index contributed by atoms with van der Waals surface area (Å²) in [6.45, 7) is 2.36. The molecular formula is C27H22BrIN2O5. The lowest BCUT2D eigenvalue weighted by Crippen LogP contribution is -2.54. The minimum Gasteiger partial charge on any atom is -0.497 e. The standard InChI is InChI=1S/C27H22BrIN2O5/c1-3-36-24-14-16(13-23(29)20(24)15-17-6-4-5-7-22(17)28)12-21-25(32)30-27(34)31(26(21)33)18-8-10-19(35-2)11-9-18/h4-14H,3,15H2,1-2H3,(H,30,32,34)/b21-12+. The van der Waals surface area contributed by atoms with Gasteiger partial charge in [0.25, 0.3) is 11.8 Å². The van der Waals surface area contributed by atoms with Gasteiger partial charge in [0.2, 0.25) is 0 Å². The lowest BCUT2D eigenvalue weighted by atomic mass is 10.0. The molecule has 1 N–H and O–H groups in total. The number of halogens is 2. The van der Waals surface area contributed by atoms with Crippen LogP contribution in [0, 0.1) is 3.57 Å². The molecule has 0 spiro atoms. The fourth-order valence-corrected chi connectivity index (χ4v) is 5.03. The van der Waals surface area contributed by atoms with E-state index >= 15 is 0 Å². The van der Waals surface area contributed by atoms with Gasteiger partial charge in [-0.25, -0.2) is 9.69 Å². The SMILES string of the molecule is CCOc1cc(/C=C2\C(=O)NC(=O)N(c3ccc(OC)cc3)C2=O)cc(I)c1Cc1ccccc1Br. The molecule has 0 radical (unpaired) electrons. The number of urea groups is 1. The summed E-state index contributed by atoms with van der Waals surface area (Å²) >= 11 is 5.83. The van der Waals surface area contributed by atoms with Gasteiger partial charge in [-0.1, -0.05) is 34.1 Å². The van der Waals surface area contributed by atoms with Crippen LogP contribution in [0.25, 0.3) is 6.08 Å². The van der Waals surface area contributed by atoms with Crippen LogP contribution in [-0.4, -0.2) is 31.6 Å². The molecule has 0 bridgehead atoms. The molecule has 3 aromatic carbocycles. The van der Waals surface area contributed by atoms with E-state index in [0.29, 0.717) is 35.8 Å². The van der Waals surface area contributed by atoms with Gasteiger partial charge >= 0.3 is 6.03 Å². The van der Waals surface area contributed by atoms with E-state index in [0.717, 1.165) is 24.1 Å². The van der Waals surface area contributed by atoms with Gasteiger partial charge in [0.15, 0.2) is 0 Å². The zero-order valence-electron chi connectivity index (χ0n) is 19.5. The van der Waals surface area contributed by atoms with Gasteiger partial charge in [0.05, 0.1) is 19.4 Å². The zero-order valence-corrected chi connectivity index (χ0v) is 23.3. The smallest absolute Gasteiger partial charge is 0.335 e. The van der Waals surface area contributed by atoms with E-state index < -0.39 is 17.8 Å². The number of anilines is 1. The molecule has 4 amide bonds. The molecule has 4 rings (SSSR count). The Balaban J connectivity index is 1.71. The number of nitrogens with one attached hydrogen (secondary N) is 1. The second-order valence-corrected chi connectivity index (χ2v) is 9.85. The van der Waals surface area contributed by atoms with Crippen LogP contribution in [0.4, 0.5) is 10.5 Å². The molecule has 0 aliphatic carbocycles. The highest BCUT2D eigenvalue weighted by molar-refractivity contribution is 14.1. The molecule has 9 heteroatoms. The highest BCUT2D eigenvalue weighted by atomic mass is 127. The molecule has 1 fully saturated rings. The molecule has 1 aliphatic rings. The second-order valence-electron chi connectivity index (χ2n) is 7.84. The number of hydrogen-bond acceptors (Lipinski definition) is 5. The Morgan fingerprint density at radius 2 is 1.78 bits per heavy atom. The van der Waals surface area contributed by atoms with E-state index in [-0.39, 0.29) is 5.57 Å². The third-order valence-electron chi connectivity index (χ3n) is 5.55. The van der Waals surface area contributed by atoms with E-state index in [1.165, 1.54) is 13.2 Å². The van der Waals surface area contributed by atoms with Crippen molar-refractivity contribution in [1.82, 2.24) is 5.32 Å². The zero-order chi connectivity index (χ0) is 25.8. The lowest BCUT2D eigenvalue weighted by molar-refractivity contribution is -0.122. The maximum absolute atomic E-state index is 13.3. The Morgan fingerprint density at radius 1 is 1.06 bits per heavy atom. The van der Waals surface area contributed by atoms with E-state index in [1.54, 1.807) is 30.3 Å². The van der Waals surface area contributed by atoms with Gasteiger partial charge in [0, 0.05) is 20.0 Å². The number of carbonyl (C=O) groups is 3. The first-order chi connectivity index (χ1) is 17.3. The van der Waals surface area contributed by atoms with Crippen LogP contribution in [0.5, 0.6) is 11.5 Å². The monoisotopic (exact) mass is 660 g/mol. The molecule has 1 heterocycles. The Labute approximate surface area is 230 Å². The van der Waals surface area contributed by atoms with Crippen molar-refractivity contribution in [3.8, 4) is 11.5 Å². The molecule has 7 nitrogen and oxygen atoms in total. The number of carbonyl (C=O) groups excluding carboxylic acids is 3. The van der Waals surface area contributed by atoms with Crippen LogP contribution in [0.2, 0.25) is 0 Å². The summed E-state index contributed by atoms with van der Waals surface area (Å²) in [5.74, 6) is -0.214. The Kier molecular flexibility index (Phi) is 8.10. The highest BCUT2D eigenvalue weighted by Crippen LogP contribution is 2.32. The molecule has 0 unspecified atom stereocenters. The number of methoxy groups -OCH3 is 1. The van der Waals surface area contributed by atoms with Crippen molar-refractivity contribution in [3.05, 3.63) is 91.0 Å². The van der Waals surface area contributed by atoms with E-state index in [9.17, 15) is 14.4 Å². The number of amides is 4. The number of benzene rings is 3. The Bertz CT molecular complexity index is 1370. The molecule has 0 saturated carbocycles. The lowest BCUT2D eigenvalue weighted by Gasteiger charge is -2.26. The van der Waals surface area contributed by atoms with Crippen LogP contribution >= 0.6 is 38.5 Å². The number of nitrogens with zero attached hydrogens (tertiary/aromatic N) is 1. The number of ether oxygens (including phenoxy) is 2. The minimum absolute atomic E-state index is 0.151. The van der Waals surface area contributed by atoms with Crippen molar-refractivity contribution < 1.29 is 23.9 Å². The van der Waals surface area contributed by atoms with E-state index in [2.05, 4.69) is 43.8 Å². The third kappa shape index (κ3) is 5.46. The van der Waals surface area contributed by atoms with Crippen LogP contribution in [0.1, 0.15) is 23.6 Å². The van der Waals surface area contributed by atoms with Crippen molar-refractivity contribution in [2.75, 3.05) is 18.6 Å². The molecular weight excluding hydrogens is 639 g/mol. The van der Waals surface area contributed by atoms with Crippen LogP contribution in [0.15, 0.2) is 70.7 Å².